The zero-order chi connectivity index (χ0) is 23.8. The van der Waals surface area contributed by atoms with Crippen molar-refractivity contribution in [2.24, 2.45) is 0 Å². The third kappa shape index (κ3) is 4.49. The summed E-state index contributed by atoms with van der Waals surface area (Å²) < 4.78 is 104. The zero-order valence-corrected chi connectivity index (χ0v) is 16.5. The number of aryl methyl sites for hydroxylation is 1. The van der Waals surface area contributed by atoms with Crippen LogP contribution in [0.2, 0.25) is 5.02 Å². The predicted molar refractivity (Wildman–Crippen MR) is 96.3 cm³/mol. The Balaban J connectivity index is 1.89. The lowest BCUT2D eigenvalue weighted by Crippen LogP contribution is -2.21. The Morgan fingerprint density at radius 1 is 1.06 bits per heavy atom. The van der Waals surface area contributed by atoms with E-state index in [2.05, 4.69) is 5.16 Å². The summed E-state index contributed by atoms with van der Waals surface area (Å²) >= 11 is 5.75. The number of carbonyl (C=O) groups is 1. The van der Waals surface area contributed by atoms with Gasteiger partial charge in [0.15, 0.2) is 29.0 Å². The number of benzene rings is 2. The molecule has 3 aromatic rings. The van der Waals surface area contributed by atoms with E-state index >= 15 is 0 Å². The molecule has 1 amide bonds. The van der Waals surface area contributed by atoms with Crippen LogP contribution in [0.1, 0.15) is 27.4 Å². The van der Waals surface area contributed by atoms with Gasteiger partial charge >= 0.3 is 6.18 Å². The molecule has 2 aromatic carbocycles. The van der Waals surface area contributed by atoms with Crippen LogP contribution in [-0.2, 0) is 12.8 Å². The standard InChI is InChI=1S/C19H10ClF7N2O3/c1-7-10(6-31-9-4-2-8(20)3-5-9)16(29-32-7)18(30)28-17-14(23)12(21)11(19(25,26)27)13(22)15(17)24/h2-5H,6H2,1H3,(H,28,30). The molecule has 0 aliphatic rings. The predicted octanol–water partition coefficient (Wildman–Crippen LogP) is 6.04. The smallest absolute Gasteiger partial charge is 0.422 e. The van der Waals surface area contributed by atoms with Crippen LogP contribution in [0.4, 0.5) is 36.4 Å². The third-order valence-electron chi connectivity index (χ3n) is 4.18. The monoisotopic (exact) mass is 482 g/mol. The molecule has 5 nitrogen and oxygen atoms in total. The summed E-state index contributed by atoms with van der Waals surface area (Å²) in [6.45, 7) is 1.06. The van der Waals surface area contributed by atoms with Crippen molar-refractivity contribution in [3.63, 3.8) is 0 Å². The molecule has 1 heterocycles. The van der Waals surface area contributed by atoms with Gasteiger partial charge in [-0.05, 0) is 31.2 Å². The molecule has 1 N–H and O–H groups in total. The number of anilines is 1. The number of hydrogen-bond acceptors (Lipinski definition) is 4. The van der Waals surface area contributed by atoms with E-state index in [1.54, 1.807) is 0 Å². The minimum absolute atomic E-state index is 0.00567. The van der Waals surface area contributed by atoms with Crippen LogP contribution in [-0.4, -0.2) is 11.1 Å². The summed E-state index contributed by atoms with van der Waals surface area (Å²) in [5.74, 6) is -11.3. The largest absolute Gasteiger partial charge is 0.489 e. The van der Waals surface area contributed by atoms with Gasteiger partial charge in [0.2, 0.25) is 0 Å². The van der Waals surface area contributed by atoms with E-state index in [9.17, 15) is 35.5 Å². The summed E-state index contributed by atoms with van der Waals surface area (Å²) in [6.07, 6.45) is -5.71. The van der Waals surface area contributed by atoms with Crippen molar-refractivity contribution in [3.8, 4) is 5.75 Å². The molecule has 0 radical (unpaired) electrons. The van der Waals surface area contributed by atoms with Crippen molar-refractivity contribution >= 4 is 23.2 Å². The molecule has 0 fully saturated rings. The van der Waals surface area contributed by atoms with E-state index in [1.807, 2.05) is 0 Å². The fourth-order valence-electron chi connectivity index (χ4n) is 2.59. The first kappa shape index (κ1) is 23.4. The van der Waals surface area contributed by atoms with Crippen LogP contribution in [0.3, 0.4) is 0 Å². The Labute approximate surface area is 179 Å². The second-order valence-electron chi connectivity index (χ2n) is 6.27. The highest BCUT2D eigenvalue weighted by atomic mass is 35.5. The Morgan fingerprint density at radius 2 is 1.62 bits per heavy atom. The topological polar surface area (TPSA) is 64.4 Å². The molecule has 1 aromatic heterocycles. The maximum atomic E-state index is 14.0. The molecule has 0 saturated carbocycles. The lowest BCUT2D eigenvalue weighted by Gasteiger charge is -2.14. The molecule has 32 heavy (non-hydrogen) atoms. The van der Waals surface area contributed by atoms with Crippen molar-refractivity contribution in [2.75, 3.05) is 5.32 Å². The number of halogens is 8. The summed E-state index contributed by atoms with van der Waals surface area (Å²) in [6, 6.07) is 6.04. The Morgan fingerprint density at radius 3 is 2.16 bits per heavy atom. The lowest BCUT2D eigenvalue weighted by molar-refractivity contribution is -0.143. The van der Waals surface area contributed by atoms with Crippen molar-refractivity contribution in [3.05, 3.63) is 75.1 Å². The molecule has 3 rings (SSSR count). The highest BCUT2D eigenvalue weighted by molar-refractivity contribution is 6.30. The van der Waals surface area contributed by atoms with Crippen molar-refractivity contribution in [2.45, 2.75) is 19.7 Å². The summed E-state index contributed by atoms with van der Waals surface area (Å²) in [4.78, 5) is 12.4. The maximum Gasteiger partial charge on any atom is 0.422 e. The minimum atomic E-state index is -5.71. The van der Waals surface area contributed by atoms with E-state index in [0.29, 0.717) is 10.8 Å². The average molecular weight is 483 g/mol. The maximum absolute atomic E-state index is 14.0. The molecule has 0 aliphatic carbocycles. The second kappa shape index (κ2) is 8.69. The number of rotatable bonds is 5. The van der Waals surface area contributed by atoms with Crippen LogP contribution in [0, 0.1) is 30.2 Å². The van der Waals surface area contributed by atoms with Crippen LogP contribution < -0.4 is 10.1 Å². The number of aromatic nitrogens is 1. The van der Waals surface area contributed by atoms with E-state index in [4.69, 9.17) is 20.9 Å². The molecule has 0 spiro atoms. The molecule has 0 aliphatic heterocycles. The summed E-state index contributed by atoms with van der Waals surface area (Å²) in [7, 11) is 0. The number of nitrogens with one attached hydrogen (secondary N) is 1. The van der Waals surface area contributed by atoms with E-state index in [-0.39, 0.29) is 17.9 Å². The zero-order valence-electron chi connectivity index (χ0n) is 15.7. The van der Waals surface area contributed by atoms with Crippen LogP contribution in [0.5, 0.6) is 5.75 Å². The molecule has 0 saturated heterocycles. The highest BCUT2D eigenvalue weighted by Gasteiger charge is 2.42. The lowest BCUT2D eigenvalue weighted by atomic mass is 10.1. The molecular weight excluding hydrogens is 473 g/mol. The Hall–Kier alpha value is -3.28. The van der Waals surface area contributed by atoms with Gasteiger partial charge in [0.05, 0.1) is 5.56 Å². The van der Waals surface area contributed by atoms with E-state index < -0.39 is 52.3 Å². The van der Waals surface area contributed by atoms with Gasteiger partial charge in [-0.25, -0.2) is 17.6 Å². The highest BCUT2D eigenvalue weighted by Crippen LogP contribution is 2.38. The van der Waals surface area contributed by atoms with Gasteiger partial charge < -0.3 is 14.6 Å². The molecule has 170 valence electrons. The van der Waals surface area contributed by atoms with Crippen molar-refractivity contribution < 1.29 is 44.8 Å². The number of amides is 1. The van der Waals surface area contributed by atoms with Crippen molar-refractivity contribution in [1.82, 2.24) is 5.16 Å². The molecule has 13 heteroatoms. The normalized spacial score (nSPS) is 11.5. The molecule has 0 unspecified atom stereocenters. The van der Waals surface area contributed by atoms with Crippen molar-refractivity contribution in [1.29, 1.82) is 0 Å². The van der Waals surface area contributed by atoms with Gasteiger partial charge in [0.1, 0.15) is 29.4 Å². The van der Waals surface area contributed by atoms with Crippen LogP contribution in [0.25, 0.3) is 0 Å². The Kier molecular flexibility index (Phi) is 6.35. The number of nitrogens with zero attached hydrogens (tertiary/aromatic N) is 1. The van der Waals surface area contributed by atoms with Gasteiger partial charge in [-0.15, -0.1) is 0 Å². The van der Waals surface area contributed by atoms with Gasteiger partial charge in [-0.3, -0.25) is 4.79 Å². The van der Waals surface area contributed by atoms with E-state index in [1.165, 1.54) is 36.5 Å². The quantitative estimate of drug-likeness (QED) is 0.355. The molecule has 0 bridgehead atoms. The fraction of sp³-hybridized carbons (Fsp3) is 0.158. The first-order valence-corrected chi connectivity index (χ1v) is 8.87. The first-order valence-electron chi connectivity index (χ1n) is 8.49. The number of ether oxygens (including phenoxy) is 1. The Bertz CT molecular complexity index is 1150. The number of alkyl halides is 3. The number of hydrogen-bond donors (Lipinski definition) is 1. The summed E-state index contributed by atoms with van der Waals surface area (Å²) in [5.41, 5.74) is -5.09. The van der Waals surface area contributed by atoms with Gasteiger partial charge in [-0.1, -0.05) is 16.8 Å². The third-order valence-corrected chi connectivity index (χ3v) is 4.43. The second-order valence-corrected chi connectivity index (χ2v) is 6.70. The average Bonchev–Trinajstić information content (AvgIpc) is 3.09. The van der Waals surface area contributed by atoms with Gasteiger partial charge in [-0.2, -0.15) is 13.2 Å². The first-order chi connectivity index (χ1) is 14.9. The van der Waals surface area contributed by atoms with Crippen LogP contribution in [0.15, 0.2) is 28.8 Å². The summed E-state index contributed by atoms with van der Waals surface area (Å²) in [5, 5.41) is 5.31. The number of carbonyl (C=O) groups excluding carboxylic acids is 1. The molecular formula is C19H10ClF7N2O3. The van der Waals surface area contributed by atoms with Gasteiger partial charge in [0, 0.05) is 5.02 Å². The SMILES string of the molecule is Cc1onc(C(=O)Nc2c(F)c(F)c(C(F)(F)F)c(F)c2F)c1COc1ccc(Cl)cc1. The van der Waals surface area contributed by atoms with Crippen LogP contribution >= 0.6 is 11.6 Å². The fourth-order valence-corrected chi connectivity index (χ4v) is 2.71. The molecule has 0 atom stereocenters. The van der Waals surface area contributed by atoms with E-state index in [0.717, 1.165) is 0 Å². The minimum Gasteiger partial charge on any atom is -0.489 e. The van der Waals surface area contributed by atoms with Gasteiger partial charge in [0.25, 0.3) is 5.91 Å².